The number of ether oxygens (including phenoxy) is 1. The van der Waals surface area contributed by atoms with Gasteiger partial charge in [0.15, 0.2) is 0 Å². The molecule has 0 saturated carbocycles. The first-order chi connectivity index (χ1) is 15.3. The van der Waals surface area contributed by atoms with Gasteiger partial charge in [-0.1, -0.05) is 35.1 Å². The molecule has 1 aromatic heterocycles. The molecule has 0 bridgehead atoms. The van der Waals surface area contributed by atoms with Crippen LogP contribution in [0.4, 0.5) is 5.13 Å². The van der Waals surface area contributed by atoms with Crippen molar-refractivity contribution in [3.8, 4) is 5.75 Å². The lowest BCUT2D eigenvalue weighted by Crippen LogP contribution is -2.29. The molecule has 0 aliphatic carbocycles. The van der Waals surface area contributed by atoms with Crippen LogP contribution in [0, 0.1) is 6.92 Å². The standard InChI is InChI=1S/C23H20ClN3O4S/c1-12(2)31-17-9-7-14(8-10-17)20(28)18-19(15-5-4-6-16(24)11-15)27(22(30)21(18)29)23-26-25-13(3)32-23/h4-12,19,28H,1-3H3/t19-/m0/s1. The number of aromatic nitrogens is 2. The summed E-state index contributed by atoms with van der Waals surface area (Å²) in [4.78, 5) is 27.4. The maximum atomic E-state index is 13.1. The zero-order valence-electron chi connectivity index (χ0n) is 17.6. The van der Waals surface area contributed by atoms with E-state index in [-0.39, 0.29) is 22.6 Å². The van der Waals surface area contributed by atoms with E-state index in [2.05, 4.69) is 10.2 Å². The molecule has 3 aromatic rings. The molecule has 1 aliphatic heterocycles. The van der Waals surface area contributed by atoms with E-state index in [9.17, 15) is 14.7 Å². The Morgan fingerprint density at radius 2 is 1.88 bits per heavy atom. The molecule has 1 atom stereocenters. The second kappa shape index (κ2) is 8.72. The molecule has 7 nitrogen and oxygen atoms in total. The fourth-order valence-corrected chi connectivity index (χ4v) is 4.44. The number of nitrogens with zero attached hydrogens (tertiary/aromatic N) is 3. The Morgan fingerprint density at radius 3 is 2.47 bits per heavy atom. The zero-order valence-corrected chi connectivity index (χ0v) is 19.1. The van der Waals surface area contributed by atoms with Crippen LogP contribution in [-0.2, 0) is 9.59 Å². The van der Waals surface area contributed by atoms with Crippen LogP contribution in [0.25, 0.3) is 5.76 Å². The van der Waals surface area contributed by atoms with Gasteiger partial charge >= 0.3 is 5.91 Å². The van der Waals surface area contributed by atoms with Gasteiger partial charge < -0.3 is 9.84 Å². The molecular formula is C23H20ClN3O4S. The van der Waals surface area contributed by atoms with E-state index in [4.69, 9.17) is 16.3 Å². The lowest BCUT2D eigenvalue weighted by Gasteiger charge is -2.22. The molecule has 32 heavy (non-hydrogen) atoms. The Labute approximate surface area is 193 Å². The largest absolute Gasteiger partial charge is 0.507 e. The molecule has 0 radical (unpaired) electrons. The van der Waals surface area contributed by atoms with Crippen molar-refractivity contribution >= 4 is 45.5 Å². The van der Waals surface area contributed by atoms with Gasteiger partial charge in [0.05, 0.1) is 17.7 Å². The summed E-state index contributed by atoms with van der Waals surface area (Å²) >= 11 is 7.38. The van der Waals surface area contributed by atoms with Crippen molar-refractivity contribution in [3.05, 3.63) is 75.3 Å². The fraction of sp³-hybridized carbons (Fsp3) is 0.217. The smallest absolute Gasteiger partial charge is 0.301 e. The number of benzene rings is 2. The third-order valence-electron chi connectivity index (χ3n) is 4.83. The van der Waals surface area contributed by atoms with E-state index in [0.29, 0.717) is 26.9 Å². The quantitative estimate of drug-likeness (QED) is 0.324. The van der Waals surface area contributed by atoms with Crippen LogP contribution < -0.4 is 9.64 Å². The number of hydrogen-bond acceptors (Lipinski definition) is 7. The summed E-state index contributed by atoms with van der Waals surface area (Å²) in [6.45, 7) is 5.58. The Kier molecular flexibility index (Phi) is 5.99. The summed E-state index contributed by atoms with van der Waals surface area (Å²) in [7, 11) is 0. The lowest BCUT2D eigenvalue weighted by atomic mass is 9.95. The van der Waals surface area contributed by atoms with Crippen LogP contribution in [0.2, 0.25) is 5.02 Å². The normalized spacial score (nSPS) is 17.9. The van der Waals surface area contributed by atoms with Crippen molar-refractivity contribution in [3.63, 3.8) is 0 Å². The fourth-order valence-electron chi connectivity index (χ4n) is 3.52. The highest BCUT2D eigenvalue weighted by Crippen LogP contribution is 2.43. The number of aliphatic hydroxyl groups is 1. The predicted molar refractivity (Wildman–Crippen MR) is 123 cm³/mol. The number of Topliss-reactive ketones (excluding diaryl/α,β-unsaturated/α-hetero) is 1. The minimum Gasteiger partial charge on any atom is -0.507 e. The van der Waals surface area contributed by atoms with Gasteiger partial charge in [-0.05, 0) is 62.7 Å². The van der Waals surface area contributed by atoms with Gasteiger partial charge in [-0.3, -0.25) is 14.5 Å². The van der Waals surface area contributed by atoms with Crippen molar-refractivity contribution in [2.24, 2.45) is 0 Å². The summed E-state index contributed by atoms with van der Waals surface area (Å²) in [6, 6.07) is 12.6. The number of rotatable bonds is 5. The minimum atomic E-state index is -0.896. The summed E-state index contributed by atoms with van der Waals surface area (Å²) < 4.78 is 5.64. The topological polar surface area (TPSA) is 92.6 Å². The molecule has 164 valence electrons. The van der Waals surface area contributed by atoms with E-state index in [1.807, 2.05) is 13.8 Å². The van der Waals surface area contributed by atoms with Crippen LogP contribution >= 0.6 is 22.9 Å². The summed E-state index contributed by atoms with van der Waals surface area (Å²) in [5.74, 6) is -1.24. The highest BCUT2D eigenvalue weighted by Gasteiger charge is 2.48. The first-order valence-electron chi connectivity index (χ1n) is 9.90. The highest BCUT2D eigenvalue weighted by atomic mass is 35.5. The third kappa shape index (κ3) is 4.11. The average Bonchev–Trinajstić information content (AvgIpc) is 3.28. The van der Waals surface area contributed by atoms with Crippen LogP contribution in [-0.4, -0.2) is 33.1 Å². The molecule has 1 saturated heterocycles. The molecule has 0 spiro atoms. The van der Waals surface area contributed by atoms with Gasteiger partial charge in [0.2, 0.25) is 5.13 Å². The van der Waals surface area contributed by atoms with Gasteiger partial charge in [0.25, 0.3) is 5.78 Å². The van der Waals surface area contributed by atoms with Crippen LogP contribution in [0.3, 0.4) is 0 Å². The highest BCUT2D eigenvalue weighted by molar-refractivity contribution is 7.15. The van der Waals surface area contributed by atoms with Crippen molar-refractivity contribution in [2.75, 3.05) is 4.90 Å². The molecule has 4 rings (SSSR count). The number of ketones is 1. The number of hydrogen-bond donors (Lipinski definition) is 1. The number of carbonyl (C=O) groups excluding carboxylic acids is 2. The van der Waals surface area contributed by atoms with E-state index >= 15 is 0 Å². The van der Waals surface area contributed by atoms with Crippen molar-refractivity contribution < 1.29 is 19.4 Å². The maximum absolute atomic E-state index is 13.1. The summed E-state index contributed by atoms with van der Waals surface area (Å²) in [5, 5.41) is 20.5. The van der Waals surface area contributed by atoms with Gasteiger partial charge in [-0.25, -0.2) is 0 Å². The van der Waals surface area contributed by atoms with Crippen LogP contribution in [0.5, 0.6) is 5.75 Å². The second-order valence-electron chi connectivity index (χ2n) is 7.52. The predicted octanol–water partition coefficient (Wildman–Crippen LogP) is 4.91. The zero-order chi connectivity index (χ0) is 23.0. The Morgan fingerprint density at radius 1 is 1.16 bits per heavy atom. The lowest BCUT2D eigenvalue weighted by molar-refractivity contribution is -0.132. The first-order valence-corrected chi connectivity index (χ1v) is 11.1. The summed E-state index contributed by atoms with van der Waals surface area (Å²) in [5.41, 5.74) is 0.924. The minimum absolute atomic E-state index is 0.00189. The second-order valence-corrected chi connectivity index (χ2v) is 9.12. The number of carbonyl (C=O) groups is 2. The van der Waals surface area contributed by atoms with Crippen molar-refractivity contribution in [2.45, 2.75) is 32.9 Å². The molecule has 2 heterocycles. The van der Waals surface area contributed by atoms with Crippen molar-refractivity contribution in [1.82, 2.24) is 10.2 Å². The number of aryl methyl sites for hydroxylation is 1. The van der Waals surface area contributed by atoms with Gasteiger partial charge in [-0.2, -0.15) is 0 Å². The number of anilines is 1. The Hall–Kier alpha value is -3.23. The molecule has 1 amide bonds. The summed E-state index contributed by atoms with van der Waals surface area (Å²) in [6.07, 6.45) is -0.00189. The van der Waals surface area contributed by atoms with E-state index in [1.165, 1.54) is 16.2 Å². The molecule has 1 aliphatic rings. The van der Waals surface area contributed by atoms with E-state index in [0.717, 1.165) is 0 Å². The maximum Gasteiger partial charge on any atom is 0.301 e. The first kappa shape index (κ1) is 22.0. The van der Waals surface area contributed by atoms with Gasteiger partial charge in [0.1, 0.15) is 16.5 Å². The number of amides is 1. The monoisotopic (exact) mass is 469 g/mol. The Bertz CT molecular complexity index is 1220. The van der Waals surface area contributed by atoms with E-state index in [1.54, 1.807) is 55.5 Å². The average molecular weight is 470 g/mol. The molecule has 1 fully saturated rings. The van der Waals surface area contributed by atoms with E-state index < -0.39 is 17.7 Å². The SMILES string of the molecule is Cc1nnc(N2C(=O)C(=O)C(=C(O)c3ccc(OC(C)C)cc3)[C@@H]2c2cccc(Cl)c2)s1. The number of aliphatic hydroxyl groups excluding tert-OH is 1. The van der Waals surface area contributed by atoms with Crippen molar-refractivity contribution in [1.29, 1.82) is 0 Å². The molecule has 2 aromatic carbocycles. The Balaban J connectivity index is 1.86. The number of halogens is 1. The van der Waals surface area contributed by atoms with Crippen LogP contribution in [0.15, 0.2) is 54.1 Å². The molecule has 0 unspecified atom stereocenters. The third-order valence-corrected chi connectivity index (χ3v) is 5.90. The molecule has 9 heteroatoms. The van der Waals surface area contributed by atoms with Crippen LogP contribution in [0.1, 0.15) is 36.0 Å². The molecular weight excluding hydrogens is 450 g/mol. The molecule has 1 N–H and O–H groups in total. The van der Waals surface area contributed by atoms with Gasteiger partial charge in [0, 0.05) is 10.6 Å². The van der Waals surface area contributed by atoms with Gasteiger partial charge in [-0.15, -0.1) is 10.2 Å².